The molecule has 4 nitrogen and oxygen atoms in total. The van der Waals surface area contributed by atoms with Gasteiger partial charge in [0.05, 0.1) is 5.75 Å². The summed E-state index contributed by atoms with van der Waals surface area (Å²) in [6.45, 7) is 10.2. The van der Waals surface area contributed by atoms with Crippen LogP contribution >= 0.6 is 11.8 Å². The van der Waals surface area contributed by atoms with Gasteiger partial charge in [-0.1, -0.05) is 54.1 Å². The molecule has 0 saturated heterocycles. The van der Waals surface area contributed by atoms with Crippen molar-refractivity contribution in [1.29, 1.82) is 0 Å². The monoisotopic (exact) mass is 412 g/mol. The minimum Gasteiger partial charge on any atom is -0.352 e. The second kappa shape index (κ2) is 11.1. The van der Waals surface area contributed by atoms with Gasteiger partial charge in [0.2, 0.25) is 11.8 Å². The van der Waals surface area contributed by atoms with Gasteiger partial charge in [0.25, 0.3) is 0 Å². The number of carbonyl (C=O) groups excluding carboxylic acids is 2. The summed E-state index contributed by atoms with van der Waals surface area (Å²) >= 11 is 1.58. The zero-order chi connectivity index (χ0) is 21.4. The summed E-state index contributed by atoms with van der Waals surface area (Å²) in [4.78, 5) is 27.3. The maximum atomic E-state index is 13.1. The molecule has 0 radical (unpaired) electrons. The fraction of sp³-hybridized carbons (Fsp3) is 0.417. The number of carbonyl (C=O) groups is 2. The summed E-state index contributed by atoms with van der Waals surface area (Å²) < 4.78 is 0. The highest BCUT2D eigenvalue weighted by molar-refractivity contribution is 7.99. The molecule has 2 rings (SSSR count). The van der Waals surface area contributed by atoms with Crippen LogP contribution < -0.4 is 5.32 Å². The predicted octanol–water partition coefficient (Wildman–Crippen LogP) is 4.48. The maximum Gasteiger partial charge on any atom is 0.242 e. The lowest BCUT2D eigenvalue weighted by atomic mass is 10.1. The van der Waals surface area contributed by atoms with Gasteiger partial charge in [0.15, 0.2) is 0 Å². The third kappa shape index (κ3) is 7.24. The molecule has 2 aromatic carbocycles. The Labute approximate surface area is 179 Å². The highest BCUT2D eigenvalue weighted by Gasteiger charge is 2.26. The Hall–Kier alpha value is -2.27. The van der Waals surface area contributed by atoms with E-state index in [1.807, 2.05) is 45.0 Å². The Morgan fingerprint density at radius 1 is 1.00 bits per heavy atom. The van der Waals surface area contributed by atoms with Crippen LogP contribution in [0.25, 0.3) is 0 Å². The van der Waals surface area contributed by atoms with E-state index in [1.165, 1.54) is 11.1 Å². The van der Waals surface area contributed by atoms with Crippen molar-refractivity contribution in [1.82, 2.24) is 10.2 Å². The van der Waals surface area contributed by atoms with Crippen LogP contribution in [0, 0.1) is 13.8 Å². The average molecular weight is 413 g/mol. The van der Waals surface area contributed by atoms with Gasteiger partial charge in [-0.3, -0.25) is 9.59 Å². The summed E-state index contributed by atoms with van der Waals surface area (Å²) in [5.41, 5.74) is 4.61. The zero-order valence-corrected chi connectivity index (χ0v) is 18.9. The van der Waals surface area contributed by atoms with Crippen LogP contribution in [0.4, 0.5) is 0 Å². The third-order valence-electron chi connectivity index (χ3n) is 4.82. The first-order valence-corrected chi connectivity index (χ1v) is 11.2. The van der Waals surface area contributed by atoms with Crippen LogP contribution in [-0.2, 0) is 21.9 Å². The lowest BCUT2D eigenvalue weighted by Gasteiger charge is -2.30. The van der Waals surface area contributed by atoms with E-state index >= 15 is 0 Å². The zero-order valence-electron chi connectivity index (χ0n) is 18.1. The summed E-state index contributed by atoms with van der Waals surface area (Å²) in [5.74, 6) is 0.984. The first-order valence-electron chi connectivity index (χ1n) is 10.1. The molecule has 1 N–H and O–H groups in total. The number of amides is 2. The molecule has 2 amide bonds. The molecular formula is C24H32N2O2S. The predicted molar refractivity (Wildman–Crippen MR) is 122 cm³/mol. The minimum atomic E-state index is -0.524. The van der Waals surface area contributed by atoms with E-state index in [4.69, 9.17) is 0 Å². The van der Waals surface area contributed by atoms with E-state index < -0.39 is 6.04 Å². The van der Waals surface area contributed by atoms with E-state index in [-0.39, 0.29) is 17.9 Å². The molecule has 0 bridgehead atoms. The largest absolute Gasteiger partial charge is 0.352 e. The Morgan fingerprint density at radius 2 is 1.66 bits per heavy atom. The van der Waals surface area contributed by atoms with Gasteiger partial charge in [0.1, 0.15) is 6.04 Å². The Kier molecular flexibility index (Phi) is 8.77. The van der Waals surface area contributed by atoms with Crippen LogP contribution in [0.2, 0.25) is 0 Å². The summed E-state index contributed by atoms with van der Waals surface area (Å²) in [6, 6.07) is 15.9. The van der Waals surface area contributed by atoms with E-state index in [1.54, 1.807) is 23.6 Å². The molecule has 156 valence electrons. The SMILES string of the molecule is Cc1ccc(CSCC(=O)N(Cc2ccccc2C)[C@H](C)C(=O)NC(C)C)cc1. The third-order valence-corrected chi connectivity index (χ3v) is 5.80. The molecule has 0 aromatic heterocycles. The van der Waals surface area contributed by atoms with Crippen LogP contribution in [0.15, 0.2) is 48.5 Å². The molecule has 0 aliphatic carbocycles. The number of hydrogen-bond donors (Lipinski definition) is 1. The van der Waals surface area contributed by atoms with Gasteiger partial charge in [-0.2, -0.15) is 0 Å². The number of thioether (sulfide) groups is 1. The quantitative estimate of drug-likeness (QED) is 0.661. The standard InChI is InChI=1S/C24H32N2O2S/c1-17(2)25-24(28)20(5)26(14-22-9-7-6-8-19(22)4)23(27)16-29-15-21-12-10-18(3)11-13-21/h6-13,17,20H,14-16H2,1-5H3,(H,25,28)/t20-/m1/s1. The average Bonchev–Trinajstić information content (AvgIpc) is 2.67. The number of nitrogens with zero attached hydrogens (tertiary/aromatic N) is 1. The molecule has 0 spiro atoms. The smallest absolute Gasteiger partial charge is 0.242 e. The Balaban J connectivity index is 2.07. The van der Waals surface area contributed by atoms with E-state index in [0.717, 1.165) is 16.9 Å². The molecule has 0 aliphatic rings. The summed E-state index contributed by atoms with van der Waals surface area (Å²) in [5, 5.41) is 2.93. The maximum absolute atomic E-state index is 13.1. The minimum absolute atomic E-state index is 0.0169. The number of hydrogen-bond acceptors (Lipinski definition) is 3. The fourth-order valence-corrected chi connectivity index (χ4v) is 3.85. The highest BCUT2D eigenvalue weighted by atomic mass is 32.2. The van der Waals surface area contributed by atoms with Gasteiger partial charge in [-0.15, -0.1) is 11.8 Å². The van der Waals surface area contributed by atoms with Crippen molar-refractivity contribution in [2.75, 3.05) is 5.75 Å². The van der Waals surface area contributed by atoms with Crippen molar-refractivity contribution in [3.63, 3.8) is 0 Å². The molecule has 1 atom stereocenters. The van der Waals surface area contributed by atoms with Crippen LogP contribution in [-0.4, -0.2) is 34.6 Å². The van der Waals surface area contributed by atoms with Crippen molar-refractivity contribution < 1.29 is 9.59 Å². The molecule has 0 saturated carbocycles. The van der Waals surface area contributed by atoms with E-state index in [9.17, 15) is 9.59 Å². The first kappa shape index (κ1) is 23.0. The lowest BCUT2D eigenvalue weighted by Crippen LogP contribution is -2.49. The van der Waals surface area contributed by atoms with Crippen molar-refractivity contribution >= 4 is 23.6 Å². The molecule has 0 unspecified atom stereocenters. The molecular weight excluding hydrogens is 380 g/mol. The Morgan fingerprint density at radius 3 is 2.28 bits per heavy atom. The summed E-state index contributed by atoms with van der Waals surface area (Å²) in [7, 11) is 0. The topological polar surface area (TPSA) is 49.4 Å². The van der Waals surface area contributed by atoms with Crippen LogP contribution in [0.1, 0.15) is 43.0 Å². The van der Waals surface area contributed by atoms with Gasteiger partial charge in [0, 0.05) is 18.3 Å². The number of aryl methyl sites for hydroxylation is 2. The van der Waals surface area contributed by atoms with Gasteiger partial charge < -0.3 is 10.2 Å². The number of rotatable bonds is 9. The molecule has 29 heavy (non-hydrogen) atoms. The van der Waals surface area contributed by atoms with Crippen molar-refractivity contribution in [2.45, 2.75) is 59.0 Å². The van der Waals surface area contributed by atoms with Crippen molar-refractivity contribution in [3.05, 3.63) is 70.8 Å². The Bertz CT molecular complexity index is 818. The molecule has 0 fully saturated rings. The summed E-state index contributed by atoms with van der Waals surface area (Å²) in [6.07, 6.45) is 0. The molecule has 5 heteroatoms. The van der Waals surface area contributed by atoms with E-state index in [2.05, 4.69) is 36.5 Å². The second-order valence-corrected chi connectivity index (χ2v) is 8.75. The number of nitrogens with one attached hydrogen (secondary N) is 1. The lowest BCUT2D eigenvalue weighted by molar-refractivity contribution is -0.138. The molecule has 0 heterocycles. The highest BCUT2D eigenvalue weighted by Crippen LogP contribution is 2.18. The van der Waals surface area contributed by atoms with Crippen molar-refractivity contribution in [3.8, 4) is 0 Å². The van der Waals surface area contributed by atoms with E-state index in [0.29, 0.717) is 12.3 Å². The molecule has 0 aliphatic heterocycles. The van der Waals surface area contributed by atoms with Crippen molar-refractivity contribution in [2.24, 2.45) is 0 Å². The fourth-order valence-electron chi connectivity index (χ4n) is 2.98. The number of benzene rings is 2. The van der Waals surface area contributed by atoms with Crippen LogP contribution in [0.3, 0.4) is 0 Å². The first-order chi connectivity index (χ1) is 13.8. The van der Waals surface area contributed by atoms with Gasteiger partial charge in [-0.05, 0) is 51.3 Å². The van der Waals surface area contributed by atoms with Gasteiger partial charge >= 0.3 is 0 Å². The van der Waals surface area contributed by atoms with Crippen LogP contribution in [0.5, 0.6) is 0 Å². The second-order valence-electron chi connectivity index (χ2n) is 7.77. The molecule has 2 aromatic rings. The normalized spacial score (nSPS) is 11.9. The van der Waals surface area contributed by atoms with Gasteiger partial charge in [-0.25, -0.2) is 0 Å².